The molecule has 0 saturated carbocycles. The molecule has 6 nitrogen and oxygen atoms in total. The number of phenolic OH excluding ortho intramolecular Hbond substituents is 1. The first-order valence-electron chi connectivity index (χ1n) is 8.24. The third kappa shape index (κ3) is 3.85. The molecule has 0 radical (unpaired) electrons. The van der Waals surface area contributed by atoms with Crippen molar-refractivity contribution in [2.75, 3.05) is 5.32 Å². The van der Waals surface area contributed by atoms with Crippen molar-refractivity contribution >= 4 is 34.5 Å². The Labute approximate surface area is 169 Å². The summed E-state index contributed by atoms with van der Waals surface area (Å²) in [4.78, 5) is 25.7. The first kappa shape index (κ1) is 18.1. The minimum atomic E-state index is -0.301. The van der Waals surface area contributed by atoms with Crippen molar-refractivity contribution in [2.24, 2.45) is 0 Å². The predicted molar refractivity (Wildman–Crippen MR) is 110 cm³/mol. The fraction of sp³-hybridized carbons (Fsp3) is 0. The summed E-state index contributed by atoms with van der Waals surface area (Å²) in [7, 11) is 0. The van der Waals surface area contributed by atoms with Crippen LogP contribution in [0.4, 0.5) is 5.69 Å². The van der Waals surface area contributed by atoms with E-state index < -0.39 is 0 Å². The van der Waals surface area contributed by atoms with Crippen LogP contribution >= 0.6 is 22.9 Å². The van der Waals surface area contributed by atoms with Gasteiger partial charge in [0, 0.05) is 11.1 Å². The van der Waals surface area contributed by atoms with Crippen LogP contribution in [0.1, 0.15) is 9.67 Å². The molecule has 1 amide bonds. The van der Waals surface area contributed by atoms with Gasteiger partial charge in [0.25, 0.3) is 5.91 Å². The summed E-state index contributed by atoms with van der Waals surface area (Å²) >= 11 is 7.44. The van der Waals surface area contributed by atoms with E-state index in [1.807, 2.05) is 18.2 Å². The lowest BCUT2D eigenvalue weighted by Crippen LogP contribution is -2.10. The average molecular weight is 409 g/mol. The first-order chi connectivity index (χ1) is 13.6. The van der Waals surface area contributed by atoms with E-state index in [9.17, 15) is 9.90 Å². The Morgan fingerprint density at radius 3 is 2.54 bits per heavy atom. The van der Waals surface area contributed by atoms with Gasteiger partial charge in [-0.3, -0.25) is 4.79 Å². The summed E-state index contributed by atoms with van der Waals surface area (Å²) in [6.07, 6.45) is 4.54. The number of anilines is 1. The molecule has 0 atom stereocenters. The third-order valence-corrected chi connectivity index (χ3v) is 5.21. The summed E-state index contributed by atoms with van der Waals surface area (Å²) in [5, 5.41) is 13.6. The molecule has 0 spiro atoms. The van der Waals surface area contributed by atoms with Crippen LogP contribution in [0.2, 0.25) is 5.02 Å². The second-order valence-electron chi connectivity index (χ2n) is 5.81. The molecular formula is C20H13ClN4O2S. The second kappa shape index (κ2) is 7.75. The SMILES string of the molecule is O=C(Nc1cnc(-c2cccc(O)c2)nc1)c1cnc(-c2ccccc2Cl)s1. The Kier molecular flexibility index (Phi) is 5.01. The first-order valence-corrected chi connectivity index (χ1v) is 9.43. The number of carbonyl (C=O) groups is 1. The lowest BCUT2D eigenvalue weighted by atomic mass is 10.2. The van der Waals surface area contributed by atoms with Gasteiger partial charge < -0.3 is 10.4 Å². The van der Waals surface area contributed by atoms with Crippen LogP contribution in [-0.4, -0.2) is 26.0 Å². The summed E-state index contributed by atoms with van der Waals surface area (Å²) in [5.41, 5.74) is 1.93. The molecule has 0 aliphatic rings. The number of carbonyl (C=O) groups excluding carboxylic acids is 1. The minimum absolute atomic E-state index is 0.137. The van der Waals surface area contributed by atoms with Gasteiger partial charge in [-0.25, -0.2) is 15.0 Å². The number of halogens is 1. The number of hydrogen-bond acceptors (Lipinski definition) is 6. The molecule has 0 bridgehead atoms. The lowest BCUT2D eigenvalue weighted by molar-refractivity contribution is 0.103. The highest BCUT2D eigenvalue weighted by Crippen LogP contribution is 2.31. The second-order valence-corrected chi connectivity index (χ2v) is 7.25. The number of nitrogens with zero attached hydrogens (tertiary/aromatic N) is 3. The van der Waals surface area contributed by atoms with Crippen molar-refractivity contribution < 1.29 is 9.90 Å². The van der Waals surface area contributed by atoms with Crippen molar-refractivity contribution in [3.63, 3.8) is 0 Å². The summed E-state index contributed by atoms with van der Waals surface area (Å²) in [5.74, 6) is 0.287. The van der Waals surface area contributed by atoms with Crippen molar-refractivity contribution in [1.82, 2.24) is 15.0 Å². The molecular weight excluding hydrogens is 396 g/mol. The van der Waals surface area contributed by atoms with E-state index in [2.05, 4.69) is 20.3 Å². The van der Waals surface area contributed by atoms with Crippen LogP contribution in [0, 0.1) is 0 Å². The highest BCUT2D eigenvalue weighted by atomic mass is 35.5. The fourth-order valence-corrected chi connectivity index (χ4v) is 3.65. The molecule has 2 N–H and O–H groups in total. The Bertz CT molecular complexity index is 1140. The zero-order chi connectivity index (χ0) is 19.5. The molecule has 0 aliphatic carbocycles. The number of phenols is 1. The van der Waals surface area contributed by atoms with E-state index in [1.165, 1.54) is 29.9 Å². The van der Waals surface area contributed by atoms with Gasteiger partial charge in [-0.2, -0.15) is 0 Å². The zero-order valence-electron chi connectivity index (χ0n) is 14.3. The van der Waals surface area contributed by atoms with Gasteiger partial charge in [-0.1, -0.05) is 41.9 Å². The third-order valence-electron chi connectivity index (χ3n) is 3.85. The van der Waals surface area contributed by atoms with E-state index in [4.69, 9.17) is 11.6 Å². The maximum Gasteiger partial charge on any atom is 0.267 e. The molecule has 138 valence electrons. The Balaban J connectivity index is 1.49. The predicted octanol–water partition coefficient (Wildman–Crippen LogP) is 4.88. The Hall–Kier alpha value is -3.29. The van der Waals surface area contributed by atoms with Crippen LogP contribution < -0.4 is 5.32 Å². The van der Waals surface area contributed by atoms with Crippen LogP contribution in [0.5, 0.6) is 5.75 Å². The van der Waals surface area contributed by atoms with Gasteiger partial charge >= 0.3 is 0 Å². The van der Waals surface area contributed by atoms with Crippen LogP contribution in [0.15, 0.2) is 67.1 Å². The Morgan fingerprint density at radius 1 is 1.00 bits per heavy atom. The van der Waals surface area contributed by atoms with E-state index >= 15 is 0 Å². The highest BCUT2D eigenvalue weighted by Gasteiger charge is 2.14. The molecule has 2 heterocycles. The zero-order valence-corrected chi connectivity index (χ0v) is 15.9. The number of thiazole rings is 1. The monoisotopic (exact) mass is 408 g/mol. The molecule has 0 fully saturated rings. The molecule has 0 aliphatic heterocycles. The number of aromatic nitrogens is 3. The van der Waals surface area contributed by atoms with Crippen molar-refractivity contribution in [3.8, 4) is 27.7 Å². The molecule has 0 saturated heterocycles. The van der Waals surface area contributed by atoms with Gasteiger partial charge in [0.1, 0.15) is 15.6 Å². The van der Waals surface area contributed by atoms with Gasteiger partial charge in [-0.05, 0) is 18.2 Å². The normalized spacial score (nSPS) is 10.6. The molecule has 28 heavy (non-hydrogen) atoms. The maximum absolute atomic E-state index is 12.5. The standard InChI is InChI=1S/C20H13ClN4O2S/c21-16-7-2-1-6-15(16)20-24-11-17(28-20)19(27)25-13-9-22-18(23-10-13)12-4-3-5-14(26)8-12/h1-11,26H,(H,25,27). The van der Waals surface area contributed by atoms with Crippen molar-refractivity contribution in [1.29, 1.82) is 0 Å². The summed E-state index contributed by atoms with van der Waals surface area (Å²) in [6, 6.07) is 14.0. The number of nitrogens with one attached hydrogen (secondary N) is 1. The fourth-order valence-electron chi connectivity index (χ4n) is 2.52. The highest BCUT2D eigenvalue weighted by molar-refractivity contribution is 7.17. The number of benzene rings is 2. The smallest absolute Gasteiger partial charge is 0.267 e. The number of hydrogen-bond donors (Lipinski definition) is 2. The number of rotatable bonds is 4. The minimum Gasteiger partial charge on any atom is -0.508 e. The summed E-state index contributed by atoms with van der Waals surface area (Å²) < 4.78 is 0. The number of aromatic hydroxyl groups is 1. The summed E-state index contributed by atoms with van der Waals surface area (Å²) in [6.45, 7) is 0. The van der Waals surface area contributed by atoms with Crippen LogP contribution in [0.3, 0.4) is 0 Å². The Morgan fingerprint density at radius 2 is 1.79 bits per heavy atom. The molecule has 0 unspecified atom stereocenters. The van der Waals surface area contributed by atoms with Crippen molar-refractivity contribution in [3.05, 3.63) is 77.0 Å². The largest absolute Gasteiger partial charge is 0.508 e. The number of amides is 1. The van der Waals surface area contributed by atoms with Crippen LogP contribution in [-0.2, 0) is 0 Å². The molecule has 2 aromatic heterocycles. The van der Waals surface area contributed by atoms with Gasteiger partial charge in [-0.15, -0.1) is 11.3 Å². The van der Waals surface area contributed by atoms with Gasteiger partial charge in [0.05, 0.1) is 29.3 Å². The van der Waals surface area contributed by atoms with E-state index in [0.717, 1.165) is 5.56 Å². The van der Waals surface area contributed by atoms with E-state index in [0.29, 0.717) is 32.0 Å². The average Bonchev–Trinajstić information content (AvgIpc) is 3.19. The van der Waals surface area contributed by atoms with Crippen molar-refractivity contribution in [2.45, 2.75) is 0 Å². The van der Waals surface area contributed by atoms with E-state index in [-0.39, 0.29) is 11.7 Å². The van der Waals surface area contributed by atoms with Gasteiger partial charge in [0.2, 0.25) is 0 Å². The quantitative estimate of drug-likeness (QED) is 0.502. The molecule has 8 heteroatoms. The molecule has 4 rings (SSSR count). The topological polar surface area (TPSA) is 88.0 Å². The van der Waals surface area contributed by atoms with Gasteiger partial charge in [0.15, 0.2) is 5.82 Å². The molecule has 2 aromatic carbocycles. The van der Waals surface area contributed by atoms with Crippen LogP contribution in [0.25, 0.3) is 22.0 Å². The molecule has 4 aromatic rings. The van der Waals surface area contributed by atoms with E-state index in [1.54, 1.807) is 30.3 Å². The lowest BCUT2D eigenvalue weighted by Gasteiger charge is -2.04. The maximum atomic E-state index is 12.5.